The van der Waals surface area contributed by atoms with Crippen molar-refractivity contribution in [3.05, 3.63) is 22.8 Å². The Hall–Kier alpha value is -1.29. The molecule has 1 aliphatic carbocycles. The molecule has 0 radical (unpaired) electrons. The Bertz CT molecular complexity index is 451. The first-order chi connectivity index (χ1) is 8.58. The van der Waals surface area contributed by atoms with Crippen molar-refractivity contribution in [1.29, 1.82) is 0 Å². The molecule has 0 saturated heterocycles. The highest BCUT2D eigenvalue weighted by molar-refractivity contribution is 6.35. The second-order valence-electron chi connectivity index (χ2n) is 4.99. The third kappa shape index (κ3) is 2.93. The van der Waals surface area contributed by atoms with Crippen LogP contribution in [0.15, 0.2) is 12.3 Å². The van der Waals surface area contributed by atoms with E-state index in [1.807, 2.05) is 0 Å². The molecule has 1 heterocycles. The van der Waals surface area contributed by atoms with Crippen molar-refractivity contribution in [1.82, 2.24) is 4.98 Å². The highest BCUT2D eigenvalue weighted by Crippen LogP contribution is 2.31. The molecule has 1 aromatic rings. The van der Waals surface area contributed by atoms with Crippen LogP contribution in [0.25, 0.3) is 0 Å². The minimum atomic E-state index is -1.03. The Morgan fingerprint density at radius 1 is 1.61 bits per heavy atom. The number of hydrogen-bond donors (Lipinski definition) is 2. The molecule has 1 fully saturated rings. The van der Waals surface area contributed by atoms with Gasteiger partial charge in [-0.15, -0.1) is 0 Å². The summed E-state index contributed by atoms with van der Waals surface area (Å²) in [6.45, 7) is 3.07. The molecule has 0 aliphatic heterocycles. The number of anilines is 1. The van der Waals surface area contributed by atoms with Crippen LogP contribution in [0, 0.1) is 11.8 Å². The van der Waals surface area contributed by atoms with Crippen LogP contribution in [-0.2, 0) is 0 Å². The van der Waals surface area contributed by atoms with Gasteiger partial charge < -0.3 is 10.4 Å². The Morgan fingerprint density at radius 2 is 2.39 bits per heavy atom. The molecule has 4 nitrogen and oxygen atoms in total. The fourth-order valence-corrected chi connectivity index (χ4v) is 2.74. The third-order valence-electron chi connectivity index (χ3n) is 3.48. The number of carboxylic acids is 1. The monoisotopic (exact) mass is 268 g/mol. The van der Waals surface area contributed by atoms with Crippen molar-refractivity contribution in [3.8, 4) is 0 Å². The van der Waals surface area contributed by atoms with E-state index < -0.39 is 5.97 Å². The number of aromatic nitrogens is 1. The van der Waals surface area contributed by atoms with Gasteiger partial charge in [0, 0.05) is 12.7 Å². The number of hydrogen-bond acceptors (Lipinski definition) is 3. The van der Waals surface area contributed by atoms with E-state index in [9.17, 15) is 4.79 Å². The van der Waals surface area contributed by atoms with Gasteiger partial charge >= 0.3 is 5.97 Å². The molecular formula is C13H17ClN2O2. The van der Waals surface area contributed by atoms with E-state index in [0.29, 0.717) is 11.7 Å². The van der Waals surface area contributed by atoms with Crippen molar-refractivity contribution in [2.24, 2.45) is 11.8 Å². The topological polar surface area (TPSA) is 62.2 Å². The maximum absolute atomic E-state index is 10.9. The van der Waals surface area contributed by atoms with E-state index in [-0.39, 0.29) is 10.6 Å². The SMILES string of the molecule is CC1CCC(CNc2nccc(C(=O)O)c2Cl)C1. The fraction of sp³-hybridized carbons (Fsp3) is 0.538. The summed E-state index contributed by atoms with van der Waals surface area (Å²) >= 11 is 6.01. The van der Waals surface area contributed by atoms with Crippen LogP contribution < -0.4 is 5.32 Å². The van der Waals surface area contributed by atoms with Gasteiger partial charge in [-0.2, -0.15) is 0 Å². The largest absolute Gasteiger partial charge is 0.478 e. The molecule has 1 aromatic heterocycles. The lowest BCUT2D eigenvalue weighted by molar-refractivity contribution is 0.0697. The first kappa shape index (κ1) is 13.1. The number of pyridine rings is 1. The molecule has 5 heteroatoms. The number of halogens is 1. The van der Waals surface area contributed by atoms with Crippen LogP contribution in [0.2, 0.25) is 5.02 Å². The van der Waals surface area contributed by atoms with Crippen molar-refractivity contribution in [2.75, 3.05) is 11.9 Å². The van der Waals surface area contributed by atoms with Crippen LogP contribution in [-0.4, -0.2) is 22.6 Å². The Labute approximate surface area is 111 Å². The third-order valence-corrected chi connectivity index (χ3v) is 3.86. The molecule has 0 bridgehead atoms. The van der Waals surface area contributed by atoms with Crippen LogP contribution in [0.3, 0.4) is 0 Å². The van der Waals surface area contributed by atoms with Crippen LogP contribution >= 0.6 is 11.6 Å². The van der Waals surface area contributed by atoms with Crippen LogP contribution in [0.1, 0.15) is 36.5 Å². The molecule has 1 saturated carbocycles. The number of carboxylic acid groups (broad SMARTS) is 1. The summed E-state index contributed by atoms with van der Waals surface area (Å²) in [7, 11) is 0. The predicted molar refractivity (Wildman–Crippen MR) is 71.2 cm³/mol. The van der Waals surface area contributed by atoms with E-state index in [1.165, 1.54) is 31.5 Å². The standard InChI is InChI=1S/C13H17ClN2O2/c1-8-2-3-9(6-8)7-16-12-11(14)10(13(17)18)4-5-15-12/h4-5,8-9H,2-3,6-7H2,1H3,(H,15,16)(H,17,18). The number of aromatic carboxylic acids is 1. The van der Waals surface area contributed by atoms with Gasteiger partial charge in [-0.05, 0) is 30.7 Å². The highest BCUT2D eigenvalue weighted by atomic mass is 35.5. The molecule has 2 rings (SSSR count). The van der Waals surface area contributed by atoms with Gasteiger partial charge in [0.2, 0.25) is 0 Å². The minimum Gasteiger partial charge on any atom is -0.478 e. The molecule has 1 aliphatic rings. The quantitative estimate of drug-likeness (QED) is 0.880. The summed E-state index contributed by atoms with van der Waals surface area (Å²) in [5.74, 6) is 0.855. The Morgan fingerprint density at radius 3 is 3.00 bits per heavy atom. The van der Waals surface area contributed by atoms with Crippen molar-refractivity contribution < 1.29 is 9.90 Å². The van der Waals surface area contributed by atoms with Crippen LogP contribution in [0.4, 0.5) is 5.82 Å². The molecule has 0 spiro atoms. The molecule has 2 unspecified atom stereocenters. The van der Waals surface area contributed by atoms with Gasteiger partial charge in [0.1, 0.15) is 5.82 Å². The van der Waals surface area contributed by atoms with E-state index in [1.54, 1.807) is 0 Å². The Kier molecular flexibility index (Phi) is 4.07. The first-order valence-corrected chi connectivity index (χ1v) is 6.57. The van der Waals surface area contributed by atoms with Crippen molar-refractivity contribution in [3.63, 3.8) is 0 Å². The molecule has 0 amide bonds. The van der Waals surface area contributed by atoms with E-state index in [2.05, 4.69) is 17.2 Å². The smallest absolute Gasteiger partial charge is 0.337 e. The number of rotatable bonds is 4. The average Bonchev–Trinajstić information content (AvgIpc) is 2.73. The van der Waals surface area contributed by atoms with Gasteiger partial charge in [-0.3, -0.25) is 0 Å². The zero-order valence-electron chi connectivity index (χ0n) is 10.3. The fourth-order valence-electron chi connectivity index (χ4n) is 2.48. The lowest BCUT2D eigenvalue weighted by Crippen LogP contribution is -2.13. The number of nitrogens with zero attached hydrogens (tertiary/aromatic N) is 1. The summed E-state index contributed by atoms with van der Waals surface area (Å²) in [5, 5.41) is 12.3. The molecule has 18 heavy (non-hydrogen) atoms. The van der Waals surface area contributed by atoms with E-state index >= 15 is 0 Å². The van der Waals surface area contributed by atoms with Gasteiger partial charge in [-0.25, -0.2) is 9.78 Å². The summed E-state index contributed by atoms with van der Waals surface area (Å²) in [4.78, 5) is 15.0. The summed E-state index contributed by atoms with van der Waals surface area (Å²) < 4.78 is 0. The molecule has 2 atom stereocenters. The maximum atomic E-state index is 10.9. The lowest BCUT2D eigenvalue weighted by Gasteiger charge is -2.13. The van der Waals surface area contributed by atoms with E-state index in [0.717, 1.165) is 12.5 Å². The molecular weight excluding hydrogens is 252 g/mol. The van der Waals surface area contributed by atoms with Gasteiger partial charge in [-0.1, -0.05) is 24.9 Å². The minimum absolute atomic E-state index is 0.0916. The summed E-state index contributed by atoms with van der Waals surface area (Å²) in [6.07, 6.45) is 5.16. The zero-order chi connectivity index (χ0) is 13.1. The van der Waals surface area contributed by atoms with Gasteiger partial charge in [0.25, 0.3) is 0 Å². The first-order valence-electron chi connectivity index (χ1n) is 6.19. The van der Waals surface area contributed by atoms with Gasteiger partial charge in [0.05, 0.1) is 10.6 Å². The molecule has 2 N–H and O–H groups in total. The average molecular weight is 269 g/mol. The van der Waals surface area contributed by atoms with Crippen LogP contribution in [0.5, 0.6) is 0 Å². The maximum Gasteiger partial charge on any atom is 0.337 e. The normalized spacial score (nSPS) is 23.0. The van der Waals surface area contributed by atoms with Crippen molar-refractivity contribution >= 4 is 23.4 Å². The van der Waals surface area contributed by atoms with Gasteiger partial charge in [0.15, 0.2) is 0 Å². The van der Waals surface area contributed by atoms with Crippen molar-refractivity contribution in [2.45, 2.75) is 26.2 Å². The second-order valence-corrected chi connectivity index (χ2v) is 5.37. The second kappa shape index (κ2) is 5.57. The lowest BCUT2D eigenvalue weighted by atomic mass is 10.1. The van der Waals surface area contributed by atoms with E-state index in [4.69, 9.17) is 16.7 Å². The predicted octanol–water partition coefficient (Wildman–Crippen LogP) is 3.28. The Balaban J connectivity index is 2.01. The molecule has 98 valence electrons. The summed E-state index contributed by atoms with van der Waals surface area (Å²) in [6, 6.07) is 1.41. The summed E-state index contributed by atoms with van der Waals surface area (Å²) in [5.41, 5.74) is 0.0916. The number of carbonyl (C=O) groups is 1. The zero-order valence-corrected chi connectivity index (χ0v) is 11.1. The highest BCUT2D eigenvalue weighted by Gasteiger charge is 2.21. The molecule has 0 aromatic carbocycles. The number of nitrogens with one attached hydrogen (secondary N) is 1.